The molecule has 1 aliphatic carbocycles. The van der Waals surface area contributed by atoms with Gasteiger partial charge in [0, 0.05) is 16.0 Å². The topological polar surface area (TPSA) is 18.5 Å². The Labute approximate surface area is 105 Å². The maximum Gasteiger partial charge on any atom is 0.123 e. The minimum atomic E-state index is 0.128. The van der Waals surface area contributed by atoms with Crippen molar-refractivity contribution in [2.45, 2.75) is 30.5 Å². The minimum absolute atomic E-state index is 0.128. The summed E-state index contributed by atoms with van der Waals surface area (Å²) in [4.78, 5) is 0.350. The molecular formula is C13H17BrO2. The lowest BCUT2D eigenvalue weighted by molar-refractivity contribution is 0.389. The van der Waals surface area contributed by atoms with Crippen molar-refractivity contribution in [3.8, 4) is 11.5 Å². The lowest BCUT2D eigenvalue weighted by Gasteiger charge is -2.21. The van der Waals surface area contributed by atoms with E-state index < -0.39 is 0 Å². The third-order valence-corrected chi connectivity index (χ3v) is 4.07. The second-order valence-electron chi connectivity index (χ2n) is 4.81. The van der Waals surface area contributed by atoms with Crippen LogP contribution in [0.25, 0.3) is 0 Å². The second kappa shape index (κ2) is 3.95. The SMILES string of the molecule is COc1ccc(OC)c2c1C(Br)CC2(C)C. The number of hydrogen-bond donors (Lipinski definition) is 0. The maximum atomic E-state index is 5.46. The van der Waals surface area contributed by atoms with Gasteiger partial charge in [-0.1, -0.05) is 29.8 Å². The summed E-state index contributed by atoms with van der Waals surface area (Å²) in [5, 5.41) is 0. The monoisotopic (exact) mass is 284 g/mol. The van der Waals surface area contributed by atoms with Crippen LogP contribution in [0.5, 0.6) is 11.5 Å². The van der Waals surface area contributed by atoms with Gasteiger partial charge >= 0.3 is 0 Å². The van der Waals surface area contributed by atoms with Crippen LogP contribution in [0.4, 0.5) is 0 Å². The highest BCUT2D eigenvalue weighted by atomic mass is 79.9. The fourth-order valence-electron chi connectivity index (χ4n) is 2.59. The first-order valence-corrected chi connectivity index (χ1v) is 6.32. The van der Waals surface area contributed by atoms with Gasteiger partial charge in [0.25, 0.3) is 0 Å². The van der Waals surface area contributed by atoms with Crippen LogP contribution in [-0.2, 0) is 5.41 Å². The fraction of sp³-hybridized carbons (Fsp3) is 0.538. The van der Waals surface area contributed by atoms with E-state index in [0.29, 0.717) is 4.83 Å². The summed E-state index contributed by atoms with van der Waals surface area (Å²) in [5.74, 6) is 1.91. The normalized spacial score (nSPS) is 21.7. The van der Waals surface area contributed by atoms with E-state index in [-0.39, 0.29) is 5.41 Å². The van der Waals surface area contributed by atoms with Gasteiger partial charge in [0.2, 0.25) is 0 Å². The molecule has 88 valence electrons. The first-order valence-electron chi connectivity index (χ1n) is 5.40. The van der Waals surface area contributed by atoms with Gasteiger partial charge in [-0.2, -0.15) is 0 Å². The predicted octanol–water partition coefficient (Wildman–Crippen LogP) is 3.82. The molecule has 1 unspecified atom stereocenters. The van der Waals surface area contributed by atoms with E-state index in [0.717, 1.165) is 17.9 Å². The summed E-state index contributed by atoms with van der Waals surface area (Å²) in [6, 6.07) is 3.97. The molecule has 0 N–H and O–H groups in total. The number of alkyl halides is 1. The maximum absolute atomic E-state index is 5.46. The van der Waals surface area contributed by atoms with E-state index in [1.54, 1.807) is 14.2 Å². The number of halogens is 1. The molecule has 1 aromatic carbocycles. The first-order chi connectivity index (χ1) is 7.51. The van der Waals surface area contributed by atoms with E-state index in [1.165, 1.54) is 11.1 Å². The average Bonchev–Trinajstić information content (AvgIpc) is 2.49. The highest BCUT2D eigenvalue weighted by molar-refractivity contribution is 9.09. The van der Waals surface area contributed by atoms with Crippen molar-refractivity contribution in [3.63, 3.8) is 0 Å². The van der Waals surface area contributed by atoms with E-state index in [4.69, 9.17) is 9.47 Å². The van der Waals surface area contributed by atoms with Gasteiger partial charge < -0.3 is 9.47 Å². The summed E-state index contributed by atoms with van der Waals surface area (Å²) in [5.41, 5.74) is 2.65. The van der Waals surface area contributed by atoms with Crippen molar-refractivity contribution in [3.05, 3.63) is 23.3 Å². The Kier molecular flexibility index (Phi) is 2.91. The molecule has 0 saturated heterocycles. The smallest absolute Gasteiger partial charge is 0.123 e. The van der Waals surface area contributed by atoms with E-state index in [9.17, 15) is 0 Å². The van der Waals surface area contributed by atoms with Crippen LogP contribution in [0.15, 0.2) is 12.1 Å². The Morgan fingerprint density at radius 2 is 1.75 bits per heavy atom. The molecule has 0 saturated carbocycles. The van der Waals surface area contributed by atoms with Gasteiger partial charge in [0.05, 0.1) is 14.2 Å². The Morgan fingerprint density at radius 3 is 2.31 bits per heavy atom. The van der Waals surface area contributed by atoms with Crippen LogP contribution in [0.2, 0.25) is 0 Å². The van der Waals surface area contributed by atoms with Crippen LogP contribution in [0.1, 0.15) is 36.2 Å². The molecule has 0 spiro atoms. The molecule has 2 nitrogen and oxygen atoms in total. The summed E-state index contributed by atoms with van der Waals surface area (Å²) in [7, 11) is 3.44. The summed E-state index contributed by atoms with van der Waals surface area (Å²) < 4.78 is 10.9. The Balaban J connectivity index is 2.69. The molecule has 1 atom stereocenters. The van der Waals surface area contributed by atoms with Crippen molar-refractivity contribution < 1.29 is 9.47 Å². The first kappa shape index (κ1) is 11.8. The van der Waals surface area contributed by atoms with Crippen LogP contribution < -0.4 is 9.47 Å². The van der Waals surface area contributed by atoms with Gasteiger partial charge in [0.1, 0.15) is 11.5 Å². The van der Waals surface area contributed by atoms with E-state index >= 15 is 0 Å². The van der Waals surface area contributed by atoms with Crippen LogP contribution in [0, 0.1) is 0 Å². The summed E-state index contributed by atoms with van der Waals surface area (Å²) in [6.45, 7) is 4.49. The zero-order valence-electron chi connectivity index (χ0n) is 10.1. The zero-order chi connectivity index (χ0) is 11.9. The number of benzene rings is 1. The molecule has 2 rings (SSSR count). The number of fused-ring (bicyclic) bond motifs is 1. The molecule has 3 heteroatoms. The second-order valence-corrected chi connectivity index (χ2v) is 5.92. The van der Waals surface area contributed by atoms with Gasteiger partial charge in [0.15, 0.2) is 0 Å². The highest BCUT2D eigenvalue weighted by Crippen LogP contribution is 2.55. The molecule has 0 aliphatic heterocycles. The average molecular weight is 285 g/mol. The van der Waals surface area contributed by atoms with Crippen molar-refractivity contribution in [2.24, 2.45) is 0 Å². The molecule has 1 aliphatic rings. The molecule has 16 heavy (non-hydrogen) atoms. The van der Waals surface area contributed by atoms with Gasteiger partial charge in [-0.15, -0.1) is 0 Å². The van der Waals surface area contributed by atoms with Gasteiger partial charge in [-0.3, -0.25) is 0 Å². The molecule has 0 heterocycles. The van der Waals surface area contributed by atoms with Crippen molar-refractivity contribution in [1.82, 2.24) is 0 Å². The quantitative estimate of drug-likeness (QED) is 0.769. The van der Waals surface area contributed by atoms with Gasteiger partial charge in [-0.05, 0) is 24.0 Å². The molecular weight excluding hydrogens is 268 g/mol. The largest absolute Gasteiger partial charge is 0.496 e. The molecule has 0 fully saturated rings. The molecule has 0 amide bonds. The summed E-state index contributed by atoms with van der Waals surface area (Å²) in [6.07, 6.45) is 1.07. The highest BCUT2D eigenvalue weighted by Gasteiger charge is 2.40. The van der Waals surface area contributed by atoms with Crippen LogP contribution >= 0.6 is 15.9 Å². The lowest BCUT2D eigenvalue weighted by atomic mass is 9.86. The predicted molar refractivity (Wildman–Crippen MR) is 68.9 cm³/mol. The molecule has 0 radical (unpaired) electrons. The molecule has 1 aromatic rings. The third-order valence-electron chi connectivity index (χ3n) is 3.29. The zero-order valence-corrected chi connectivity index (χ0v) is 11.7. The number of rotatable bonds is 2. The Morgan fingerprint density at radius 1 is 1.19 bits per heavy atom. The van der Waals surface area contributed by atoms with E-state index in [1.807, 2.05) is 12.1 Å². The fourth-order valence-corrected chi connectivity index (χ4v) is 3.85. The van der Waals surface area contributed by atoms with Crippen molar-refractivity contribution >= 4 is 15.9 Å². The standard InChI is InChI=1S/C13H17BrO2/c1-13(2)7-8(14)11-9(15-3)5-6-10(16-4)12(11)13/h5-6,8H,7H2,1-4H3. The summed E-state index contributed by atoms with van der Waals surface area (Å²) >= 11 is 3.73. The number of hydrogen-bond acceptors (Lipinski definition) is 2. The molecule has 0 bridgehead atoms. The van der Waals surface area contributed by atoms with E-state index in [2.05, 4.69) is 29.8 Å². The van der Waals surface area contributed by atoms with Gasteiger partial charge in [-0.25, -0.2) is 0 Å². The Bertz CT molecular complexity index is 413. The Hall–Kier alpha value is -0.700. The van der Waals surface area contributed by atoms with Crippen LogP contribution in [-0.4, -0.2) is 14.2 Å². The number of ether oxygens (including phenoxy) is 2. The molecule has 0 aromatic heterocycles. The number of methoxy groups -OCH3 is 2. The lowest BCUT2D eigenvalue weighted by Crippen LogP contribution is -2.13. The van der Waals surface area contributed by atoms with Crippen LogP contribution in [0.3, 0.4) is 0 Å². The van der Waals surface area contributed by atoms with Crippen molar-refractivity contribution in [1.29, 1.82) is 0 Å². The van der Waals surface area contributed by atoms with Crippen molar-refractivity contribution in [2.75, 3.05) is 14.2 Å². The minimum Gasteiger partial charge on any atom is -0.496 e. The third kappa shape index (κ3) is 1.61.